The number of nitrogens with zero attached hydrogens (tertiary/aromatic N) is 3. The minimum Gasteiger partial charge on any atom is -0.461 e. The van der Waals surface area contributed by atoms with Gasteiger partial charge in [-0.1, -0.05) is 61.5 Å². The standard InChI is InChI=1S/C29H31F2N5O4S/c1-19(2)40-25(37)29(15-20(3)13-14-32,35-27(41)34-28(38)39-18-21-7-5-4-6-8-21)24-11-9-22(10-12-24)23-16-33-36(17-23)26(30)31/h4-12,16-17,19-20,26H,13,15,18H2,1-3H3,(H2,34,35,38,41)/t20-,29+/m0/s1. The number of amides is 1. The van der Waals surface area contributed by atoms with Crippen LogP contribution in [0.3, 0.4) is 0 Å². The summed E-state index contributed by atoms with van der Waals surface area (Å²) in [6, 6.07) is 17.8. The number of halogens is 2. The molecule has 0 unspecified atom stereocenters. The molecule has 3 aromatic rings. The molecule has 0 radical (unpaired) electrons. The first-order valence-corrected chi connectivity index (χ1v) is 13.3. The van der Waals surface area contributed by atoms with E-state index in [4.69, 9.17) is 21.7 Å². The Hall–Kier alpha value is -4.37. The maximum absolute atomic E-state index is 13.7. The number of hydrogen-bond acceptors (Lipinski definition) is 7. The fourth-order valence-corrected chi connectivity index (χ4v) is 4.43. The summed E-state index contributed by atoms with van der Waals surface area (Å²) < 4.78 is 37.4. The van der Waals surface area contributed by atoms with Gasteiger partial charge in [-0.25, -0.2) is 14.3 Å². The molecule has 1 aromatic heterocycles. The number of alkyl carbamates (subject to hydrolysis) is 1. The first-order chi connectivity index (χ1) is 19.5. The van der Waals surface area contributed by atoms with E-state index >= 15 is 0 Å². The van der Waals surface area contributed by atoms with Crippen molar-refractivity contribution in [2.75, 3.05) is 0 Å². The molecule has 0 aliphatic heterocycles. The highest BCUT2D eigenvalue weighted by atomic mass is 32.1. The Bertz CT molecular complexity index is 1380. The highest BCUT2D eigenvalue weighted by molar-refractivity contribution is 7.80. The molecule has 9 nitrogen and oxygen atoms in total. The number of carbonyl (C=O) groups is 2. The molecule has 0 saturated heterocycles. The van der Waals surface area contributed by atoms with Crippen LogP contribution in [0.2, 0.25) is 0 Å². The van der Waals surface area contributed by atoms with E-state index in [0.717, 1.165) is 5.56 Å². The fourth-order valence-electron chi connectivity index (χ4n) is 4.18. The number of nitriles is 1. The van der Waals surface area contributed by atoms with E-state index in [1.807, 2.05) is 18.2 Å². The molecule has 0 saturated carbocycles. The van der Waals surface area contributed by atoms with Gasteiger partial charge in [0.05, 0.1) is 18.4 Å². The number of aromatic nitrogens is 2. The van der Waals surface area contributed by atoms with Crippen molar-refractivity contribution in [1.29, 1.82) is 5.26 Å². The van der Waals surface area contributed by atoms with Gasteiger partial charge in [0.25, 0.3) is 0 Å². The van der Waals surface area contributed by atoms with Crippen LogP contribution in [0.1, 0.15) is 51.3 Å². The number of rotatable bonds is 11. The van der Waals surface area contributed by atoms with Crippen LogP contribution >= 0.6 is 12.2 Å². The molecule has 2 atom stereocenters. The largest absolute Gasteiger partial charge is 0.461 e. The molecule has 0 spiro atoms. The van der Waals surface area contributed by atoms with Crippen LogP contribution in [0.4, 0.5) is 13.6 Å². The number of carbonyl (C=O) groups excluding carboxylic acids is 2. The summed E-state index contributed by atoms with van der Waals surface area (Å²) in [5, 5.41) is 18.2. The second-order valence-corrected chi connectivity index (χ2v) is 10.1. The van der Waals surface area contributed by atoms with Gasteiger partial charge in [-0.2, -0.15) is 19.1 Å². The minimum atomic E-state index is -2.78. The monoisotopic (exact) mass is 583 g/mol. The first kappa shape index (κ1) is 31.2. The van der Waals surface area contributed by atoms with Crippen LogP contribution in [0.5, 0.6) is 0 Å². The van der Waals surface area contributed by atoms with Crippen molar-refractivity contribution >= 4 is 29.4 Å². The second kappa shape index (κ2) is 14.3. The lowest BCUT2D eigenvalue weighted by atomic mass is 9.80. The van der Waals surface area contributed by atoms with E-state index in [1.54, 1.807) is 57.2 Å². The van der Waals surface area contributed by atoms with Gasteiger partial charge in [-0.3, -0.25) is 5.32 Å². The van der Waals surface area contributed by atoms with Crippen LogP contribution < -0.4 is 10.6 Å². The maximum atomic E-state index is 13.7. The van der Waals surface area contributed by atoms with E-state index in [2.05, 4.69) is 21.8 Å². The van der Waals surface area contributed by atoms with Crippen molar-refractivity contribution in [2.45, 2.75) is 58.4 Å². The summed E-state index contributed by atoms with van der Waals surface area (Å²) >= 11 is 5.41. The minimum absolute atomic E-state index is 0.0125. The number of ether oxygens (including phenoxy) is 2. The third-order valence-electron chi connectivity index (χ3n) is 6.05. The van der Waals surface area contributed by atoms with Crippen molar-refractivity contribution in [2.24, 2.45) is 5.92 Å². The molecule has 41 heavy (non-hydrogen) atoms. The van der Waals surface area contributed by atoms with Crippen molar-refractivity contribution in [1.82, 2.24) is 20.4 Å². The molecular weight excluding hydrogens is 552 g/mol. The Morgan fingerprint density at radius 1 is 1.10 bits per heavy atom. The van der Waals surface area contributed by atoms with Crippen LogP contribution in [0, 0.1) is 17.2 Å². The molecule has 0 bridgehead atoms. The van der Waals surface area contributed by atoms with Gasteiger partial charge < -0.3 is 14.8 Å². The van der Waals surface area contributed by atoms with Gasteiger partial charge in [0.1, 0.15) is 6.61 Å². The Morgan fingerprint density at radius 3 is 2.37 bits per heavy atom. The Morgan fingerprint density at radius 2 is 1.78 bits per heavy atom. The molecule has 0 fully saturated rings. The average molecular weight is 584 g/mol. The molecule has 0 aliphatic rings. The summed E-state index contributed by atoms with van der Waals surface area (Å²) in [5.74, 6) is -0.957. The summed E-state index contributed by atoms with van der Waals surface area (Å²) in [7, 11) is 0. The van der Waals surface area contributed by atoms with Gasteiger partial charge >= 0.3 is 18.6 Å². The second-order valence-electron chi connectivity index (χ2n) is 9.74. The van der Waals surface area contributed by atoms with Crippen molar-refractivity contribution in [3.8, 4) is 17.2 Å². The van der Waals surface area contributed by atoms with Crippen molar-refractivity contribution in [3.05, 3.63) is 78.1 Å². The third kappa shape index (κ3) is 8.56. The predicted octanol–water partition coefficient (Wildman–Crippen LogP) is 5.83. The van der Waals surface area contributed by atoms with E-state index in [1.165, 1.54) is 12.4 Å². The molecule has 2 N–H and O–H groups in total. The normalized spacial score (nSPS) is 13.1. The zero-order valence-corrected chi connectivity index (χ0v) is 23.7. The fraction of sp³-hybridized carbons (Fsp3) is 0.345. The maximum Gasteiger partial charge on any atom is 0.413 e. The molecule has 2 aromatic carbocycles. The first-order valence-electron chi connectivity index (χ1n) is 12.8. The highest BCUT2D eigenvalue weighted by Gasteiger charge is 2.44. The van der Waals surface area contributed by atoms with Gasteiger partial charge in [0.15, 0.2) is 10.7 Å². The number of thiocarbonyl (C=S) groups is 1. The van der Waals surface area contributed by atoms with Gasteiger partial charge in [0.2, 0.25) is 0 Å². The Labute approximate surface area is 242 Å². The zero-order valence-electron chi connectivity index (χ0n) is 22.8. The lowest BCUT2D eigenvalue weighted by molar-refractivity contribution is -0.156. The van der Waals surface area contributed by atoms with E-state index in [0.29, 0.717) is 21.4 Å². The van der Waals surface area contributed by atoms with Gasteiger partial charge in [0, 0.05) is 18.2 Å². The molecule has 216 valence electrons. The topological polar surface area (TPSA) is 118 Å². The number of esters is 1. The molecule has 3 rings (SSSR count). The van der Waals surface area contributed by atoms with Crippen molar-refractivity contribution < 1.29 is 27.8 Å². The van der Waals surface area contributed by atoms with E-state index in [-0.39, 0.29) is 30.5 Å². The number of nitrogens with one attached hydrogen (secondary N) is 2. The Balaban J connectivity index is 1.92. The lowest BCUT2D eigenvalue weighted by Crippen LogP contribution is -2.57. The van der Waals surface area contributed by atoms with Crippen molar-refractivity contribution in [3.63, 3.8) is 0 Å². The van der Waals surface area contributed by atoms with Crippen LogP contribution in [-0.4, -0.2) is 33.1 Å². The highest BCUT2D eigenvalue weighted by Crippen LogP contribution is 2.34. The van der Waals surface area contributed by atoms with Gasteiger partial charge in [-0.15, -0.1) is 0 Å². The van der Waals surface area contributed by atoms with E-state index < -0.39 is 30.3 Å². The van der Waals surface area contributed by atoms with Crippen LogP contribution in [0.15, 0.2) is 67.0 Å². The zero-order chi connectivity index (χ0) is 30.0. The molecular formula is C29H31F2N5O4S. The van der Waals surface area contributed by atoms with Crippen LogP contribution in [0.25, 0.3) is 11.1 Å². The summed E-state index contributed by atoms with van der Waals surface area (Å²) in [5.41, 5.74) is 0.648. The summed E-state index contributed by atoms with van der Waals surface area (Å²) in [4.78, 5) is 26.2. The number of hydrogen-bond donors (Lipinski definition) is 2. The quantitative estimate of drug-likeness (QED) is 0.214. The average Bonchev–Trinajstić information content (AvgIpc) is 3.43. The molecule has 0 aliphatic carbocycles. The van der Waals surface area contributed by atoms with E-state index in [9.17, 15) is 23.6 Å². The smallest absolute Gasteiger partial charge is 0.413 e. The summed E-state index contributed by atoms with van der Waals surface area (Å²) in [6.45, 7) is 2.43. The number of benzene rings is 2. The Kier molecular flexibility index (Phi) is 10.9. The third-order valence-corrected chi connectivity index (χ3v) is 6.26. The number of alkyl halides is 2. The lowest BCUT2D eigenvalue weighted by Gasteiger charge is -2.36. The van der Waals surface area contributed by atoms with Crippen LogP contribution in [-0.2, 0) is 26.4 Å². The predicted molar refractivity (Wildman–Crippen MR) is 151 cm³/mol. The summed E-state index contributed by atoms with van der Waals surface area (Å²) in [6.07, 6.45) is 1.46. The SMILES string of the molecule is CC(C)OC(=O)[C@](C[C@@H](C)CC#N)(NC(=S)NC(=O)OCc1ccccc1)c1ccc(-c2cnn(C(F)F)c2)cc1. The molecule has 1 heterocycles. The van der Waals surface area contributed by atoms with Gasteiger partial charge in [-0.05, 0) is 55.1 Å². The molecule has 12 heteroatoms. The molecule has 1 amide bonds.